The summed E-state index contributed by atoms with van der Waals surface area (Å²) < 4.78 is 5.13. The fourth-order valence-electron chi connectivity index (χ4n) is 2.52. The van der Waals surface area contributed by atoms with Crippen molar-refractivity contribution in [1.82, 2.24) is 4.90 Å². The van der Waals surface area contributed by atoms with Gasteiger partial charge in [-0.2, -0.15) is 0 Å². The lowest BCUT2D eigenvalue weighted by Crippen LogP contribution is -2.29. The molecule has 3 atom stereocenters. The summed E-state index contributed by atoms with van der Waals surface area (Å²) in [6.45, 7) is 4.40. The minimum Gasteiger partial charge on any atom is -0.497 e. The molecule has 1 fully saturated rings. The van der Waals surface area contributed by atoms with Crippen LogP contribution in [0.25, 0.3) is 0 Å². The number of carbonyl (C=O) groups is 1. The lowest BCUT2D eigenvalue weighted by molar-refractivity contribution is -0.129. The summed E-state index contributed by atoms with van der Waals surface area (Å²) in [4.78, 5) is 13.9. The molecule has 1 saturated heterocycles. The minimum atomic E-state index is -0.433. The van der Waals surface area contributed by atoms with E-state index in [0.29, 0.717) is 13.0 Å². The highest BCUT2D eigenvalue weighted by Crippen LogP contribution is 2.30. The third kappa shape index (κ3) is 2.89. The molecule has 0 saturated carbocycles. The van der Waals surface area contributed by atoms with Gasteiger partial charge in [-0.05, 0) is 31.5 Å². The van der Waals surface area contributed by atoms with Crippen LogP contribution in [0, 0.1) is 5.92 Å². The van der Waals surface area contributed by atoms with Crippen LogP contribution in [0.2, 0.25) is 0 Å². The number of ether oxygens (including phenoxy) is 1. The topological polar surface area (TPSA) is 49.8 Å². The third-order valence-corrected chi connectivity index (χ3v) is 3.94. The van der Waals surface area contributed by atoms with E-state index < -0.39 is 6.10 Å². The van der Waals surface area contributed by atoms with Gasteiger partial charge in [0.1, 0.15) is 5.75 Å². The first-order valence-electron chi connectivity index (χ1n) is 6.64. The fourth-order valence-corrected chi connectivity index (χ4v) is 2.52. The maximum Gasteiger partial charge on any atom is 0.223 e. The van der Waals surface area contributed by atoms with E-state index in [1.54, 1.807) is 14.0 Å². The molecular weight excluding hydrogens is 242 g/mol. The quantitative estimate of drug-likeness (QED) is 0.903. The summed E-state index contributed by atoms with van der Waals surface area (Å²) in [5.74, 6) is 0.980. The number of amides is 1. The number of hydrogen-bond acceptors (Lipinski definition) is 3. The van der Waals surface area contributed by atoms with Gasteiger partial charge in [0, 0.05) is 18.9 Å². The van der Waals surface area contributed by atoms with Crippen molar-refractivity contribution in [3.8, 4) is 5.75 Å². The maximum absolute atomic E-state index is 12.0. The predicted molar refractivity (Wildman–Crippen MR) is 72.9 cm³/mol. The Morgan fingerprint density at radius 3 is 2.42 bits per heavy atom. The van der Waals surface area contributed by atoms with Gasteiger partial charge in [0.25, 0.3) is 0 Å². The number of aliphatic hydroxyl groups is 1. The normalized spacial score (nSPS) is 22.4. The Bertz CT molecular complexity index is 441. The van der Waals surface area contributed by atoms with Crippen molar-refractivity contribution in [2.75, 3.05) is 13.7 Å². The lowest BCUT2D eigenvalue weighted by atomic mass is 10.0. The number of nitrogens with zero attached hydrogens (tertiary/aromatic N) is 1. The molecular formula is C15H21NO3. The van der Waals surface area contributed by atoms with Gasteiger partial charge in [0.05, 0.1) is 19.3 Å². The van der Waals surface area contributed by atoms with E-state index in [1.807, 2.05) is 36.1 Å². The van der Waals surface area contributed by atoms with Gasteiger partial charge in [-0.3, -0.25) is 4.79 Å². The number of hydrogen-bond donors (Lipinski definition) is 1. The summed E-state index contributed by atoms with van der Waals surface area (Å²) in [6.07, 6.45) is 0.00930. The van der Waals surface area contributed by atoms with Gasteiger partial charge in [-0.25, -0.2) is 0 Å². The van der Waals surface area contributed by atoms with Gasteiger partial charge < -0.3 is 14.7 Å². The molecule has 1 aliphatic heterocycles. The molecule has 4 heteroatoms. The van der Waals surface area contributed by atoms with Crippen LogP contribution >= 0.6 is 0 Å². The van der Waals surface area contributed by atoms with Crippen molar-refractivity contribution < 1.29 is 14.6 Å². The molecule has 1 aromatic rings. The molecule has 1 amide bonds. The van der Waals surface area contributed by atoms with Crippen molar-refractivity contribution in [1.29, 1.82) is 0 Å². The number of carbonyl (C=O) groups excluding carboxylic acids is 1. The molecule has 1 aromatic carbocycles. The predicted octanol–water partition coefficient (Wildman–Crippen LogP) is 1.99. The minimum absolute atomic E-state index is 0.0298. The zero-order valence-electron chi connectivity index (χ0n) is 11.7. The van der Waals surface area contributed by atoms with Crippen LogP contribution in [-0.4, -0.2) is 35.7 Å². The Kier molecular flexibility index (Phi) is 4.10. The maximum atomic E-state index is 12.0. The van der Waals surface area contributed by atoms with E-state index >= 15 is 0 Å². The summed E-state index contributed by atoms with van der Waals surface area (Å²) in [7, 11) is 1.63. The summed E-state index contributed by atoms with van der Waals surface area (Å²) >= 11 is 0. The van der Waals surface area contributed by atoms with Crippen molar-refractivity contribution in [2.24, 2.45) is 5.92 Å². The van der Waals surface area contributed by atoms with Crippen LogP contribution in [0.5, 0.6) is 5.75 Å². The van der Waals surface area contributed by atoms with E-state index in [-0.39, 0.29) is 17.9 Å². The highest BCUT2D eigenvalue weighted by molar-refractivity contribution is 5.79. The SMILES string of the molecule is COc1ccc([C@H](C)N2CC([C@@H](C)O)CC2=O)cc1. The number of rotatable bonds is 4. The fraction of sp³-hybridized carbons (Fsp3) is 0.533. The monoisotopic (exact) mass is 263 g/mol. The Morgan fingerprint density at radius 1 is 1.32 bits per heavy atom. The van der Waals surface area contributed by atoms with Gasteiger partial charge in [-0.1, -0.05) is 12.1 Å². The van der Waals surface area contributed by atoms with Crippen LogP contribution in [0.15, 0.2) is 24.3 Å². The molecule has 1 unspecified atom stereocenters. The van der Waals surface area contributed by atoms with Gasteiger partial charge in [0.15, 0.2) is 0 Å². The molecule has 104 valence electrons. The largest absolute Gasteiger partial charge is 0.497 e. The van der Waals surface area contributed by atoms with Crippen molar-refractivity contribution >= 4 is 5.91 Å². The van der Waals surface area contributed by atoms with Crippen LogP contribution in [0.1, 0.15) is 31.9 Å². The molecule has 1 heterocycles. The molecule has 0 spiro atoms. The molecule has 1 N–H and O–H groups in total. The number of likely N-dealkylation sites (tertiary alicyclic amines) is 1. The highest BCUT2D eigenvalue weighted by Gasteiger charge is 2.35. The zero-order chi connectivity index (χ0) is 14.0. The Hall–Kier alpha value is -1.55. The van der Waals surface area contributed by atoms with E-state index in [1.165, 1.54) is 0 Å². The van der Waals surface area contributed by atoms with E-state index in [0.717, 1.165) is 11.3 Å². The Labute approximate surface area is 114 Å². The summed E-state index contributed by atoms with van der Waals surface area (Å²) in [5, 5.41) is 9.61. The third-order valence-electron chi connectivity index (χ3n) is 3.94. The molecule has 19 heavy (non-hydrogen) atoms. The molecule has 0 radical (unpaired) electrons. The van der Waals surface area contributed by atoms with Crippen molar-refractivity contribution in [3.63, 3.8) is 0 Å². The Morgan fingerprint density at radius 2 is 1.95 bits per heavy atom. The second-order valence-corrected chi connectivity index (χ2v) is 5.20. The highest BCUT2D eigenvalue weighted by atomic mass is 16.5. The summed E-state index contributed by atoms with van der Waals surface area (Å²) in [5.41, 5.74) is 1.08. The van der Waals surface area contributed by atoms with Crippen LogP contribution in [0.4, 0.5) is 0 Å². The number of benzene rings is 1. The van der Waals surface area contributed by atoms with Crippen LogP contribution < -0.4 is 4.74 Å². The second-order valence-electron chi connectivity index (χ2n) is 5.20. The number of aliphatic hydroxyl groups excluding tert-OH is 1. The van der Waals surface area contributed by atoms with Crippen molar-refractivity contribution in [2.45, 2.75) is 32.4 Å². The summed E-state index contributed by atoms with van der Waals surface area (Å²) in [6, 6.07) is 7.79. The van der Waals surface area contributed by atoms with Crippen LogP contribution in [-0.2, 0) is 4.79 Å². The van der Waals surface area contributed by atoms with Crippen molar-refractivity contribution in [3.05, 3.63) is 29.8 Å². The second kappa shape index (κ2) is 5.61. The molecule has 2 rings (SSSR count). The van der Waals surface area contributed by atoms with Gasteiger partial charge in [-0.15, -0.1) is 0 Å². The van der Waals surface area contributed by atoms with E-state index in [2.05, 4.69) is 0 Å². The molecule has 0 aliphatic carbocycles. The van der Waals surface area contributed by atoms with E-state index in [4.69, 9.17) is 4.74 Å². The average Bonchev–Trinajstić information content (AvgIpc) is 2.80. The number of methoxy groups -OCH3 is 1. The average molecular weight is 263 g/mol. The van der Waals surface area contributed by atoms with Gasteiger partial charge >= 0.3 is 0 Å². The smallest absolute Gasteiger partial charge is 0.223 e. The first-order chi connectivity index (χ1) is 9.02. The molecule has 0 aromatic heterocycles. The van der Waals surface area contributed by atoms with E-state index in [9.17, 15) is 9.90 Å². The first-order valence-corrected chi connectivity index (χ1v) is 6.64. The molecule has 1 aliphatic rings. The van der Waals surface area contributed by atoms with Gasteiger partial charge in [0.2, 0.25) is 5.91 Å². The molecule has 4 nitrogen and oxygen atoms in total. The Balaban J connectivity index is 2.10. The first kappa shape index (κ1) is 13.9. The molecule has 0 bridgehead atoms. The standard InChI is InChI=1S/C15H21NO3/c1-10(12-4-6-14(19-3)7-5-12)16-9-13(11(2)17)8-15(16)18/h4-7,10-11,13,17H,8-9H2,1-3H3/t10-,11+,13?/m0/s1. The lowest BCUT2D eigenvalue weighted by Gasteiger charge is -2.25. The van der Waals surface area contributed by atoms with Crippen LogP contribution in [0.3, 0.4) is 0 Å². The zero-order valence-corrected chi connectivity index (χ0v) is 11.7.